The number of nitrogens with zero attached hydrogens (tertiary/aromatic N) is 1. The minimum Gasteiger partial charge on any atom is -0.493 e. The van der Waals surface area contributed by atoms with Crippen LogP contribution < -0.4 is 4.74 Å². The molecule has 1 fully saturated rings. The molecule has 108 valence electrons. The van der Waals surface area contributed by atoms with Gasteiger partial charge >= 0.3 is 5.97 Å². The lowest BCUT2D eigenvalue weighted by molar-refractivity contribution is -0.138. The van der Waals surface area contributed by atoms with Gasteiger partial charge in [-0.3, -0.25) is 9.69 Å². The fourth-order valence-corrected chi connectivity index (χ4v) is 3.77. The van der Waals surface area contributed by atoms with Gasteiger partial charge in [0.15, 0.2) is 0 Å². The highest BCUT2D eigenvalue weighted by atomic mass is 79.9. The van der Waals surface area contributed by atoms with E-state index in [2.05, 4.69) is 33.0 Å². The second-order valence-electron chi connectivity index (χ2n) is 5.52. The summed E-state index contributed by atoms with van der Waals surface area (Å²) in [4.78, 5) is 13.2. The molecule has 1 saturated heterocycles. The van der Waals surface area contributed by atoms with Gasteiger partial charge in [0.2, 0.25) is 0 Å². The molecular formula is C15H18BrNO3. The van der Waals surface area contributed by atoms with Gasteiger partial charge in [-0.2, -0.15) is 0 Å². The van der Waals surface area contributed by atoms with E-state index in [0.29, 0.717) is 0 Å². The molecule has 4 nitrogen and oxygen atoms in total. The maximum absolute atomic E-state index is 10.9. The van der Waals surface area contributed by atoms with Gasteiger partial charge in [0.1, 0.15) is 5.75 Å². The van der Waals surface area contributed by atoms with Crippen molar-refractivity contribution >= 4 is 21.9 Å². The van der Waals surface area contributed by atoms with Crippen LogP contribution in [-0.4, -0.2) is 35.2 Å². The first-order valence-corrected chi connectivity index (χ1v) is 7.83. The van der Waals surface area contributed by atoms with E-state index in [0.717, 1.165) is 49.2 Å². The number of likely N-dealkylation sites (tertiary alicyclic amines) is 1. The topological polar surface area (TPSA) is 49.8 Å². The highest BCUT2D eigenvalue weighted by Crippen LogP contribution is 2.35. The zero-order valence-electron chi connectivity index (χ0n) is 11.3. The number of carbonyl (C=O) groups is 1. The van der Waals surface area contributed by atoms with Crippen LogP contribution in [0.1, 0.15) is 30.4 Å². The zero-order valence-corrected chi connectivity index (χ0v) is 12.9. The van der Waals surface area contributed by atoms with Crippen molar-refractivity contribution in [3.8, 4) is 5.75 Å². The van der Waals surface area contributed by atoms with E-state index in [1.807, 2.05) is 0 Å². The molecule has 5 heteroatoms. The molecule has 3 rings (SSSR count). The third-order valence-electron chi connectivity index (χ3n) is 4.11. The van der Waals surface area contributed by atoms with Crippen molar-refractivity contribution in [2.24, 2.45) is 0 Å². The second-order valence-corrected chi connectivity index (χ2v) is 6.43. The molecule has 20 heavy (non-hydrogen) atoms. The lowest BCUT2D eigenvalue weighted by atomic mass is 10.1. The molecule has 1 N–H and O–H groups in total. The van der Waals surface area contributed by atoms with Gasteiger partial charge in [-0.25, -0.2) is 0 Å². The summed E-state index contributed by atoms with van der Waals surface area (Å²) in [6.07, 6.45) is 3.25. The summed E-state index contributed by atoms with van der Waals surface area (Å²) in [5, 5.41) is 9.00. The molecule has 1 aromatic rings. The summed E-state index contributed by atoms with van der Waals surface area (Å²) in [6.45, 7) is 2.50. The second kappa shape index (κ2) is 5.74. The van der Waals surface area contributed by atoms with E-state index in [9.17, 15) is 4.79 Å². The van der Waals surface area contributed by atoms with Crippen LogP contribution in [0, 0.1) is 0 Å². The first-order valence-electron chi connectivity index (χ1n) is 7.03. The van der Waals surface area contributed by atoms with Crippen molar-refractivity contribution in [2.45, 2.75) is 38.3 Å². The van der Waals surface area contributed by atoms with Gasteiger partial charge in [-0.05, 0) is 37.1 Å². The number of fused-ring (bicyclic) bond motifs is 1. The molecule has 0 amide bonds. The number of carboxylic acids is 1. The monoisotopic (exact) mass is 339 g/mol. The Labute approximate surface area is 126 Å². The Morgan fingerprint density at radius 3 is 3.15 bits per heavy atom. The number of ether oxygens (including phenoxy) is 1. The molecule has 0 aliphatic carbocycles. The molecule has 0 aromatic heterocycles. The van der Waals surface area contributed by atoms with E-state index in [1.54, 1.807) is 0 Å². The molecule has 0 saturated carbocycles. The standard InChI is InChI=1S/C15H18BrNO3/c16-12-6-10-3-5-20-15(10)11(7-12)9-17-4-1-2-13(17)8-14(18)19/h6-7,13H,1-5,8-9H2,(H,18,19). The molecular weight excluding hydrogens is 322 g/mol. The number of halogens is 1. The molecule has 1 unspecified atom stereocenters. The normalized spacial score (nSPS) is 21.8. The fourth-order valence-electron chi connectivity index (χ4n) is 3.22. The fraction of sp³-hybridized carbons (Fsp3) is 0.533. The minimum absolute atomic E-state index is 0.156. The Bertz CT molecular complexity index is 532. The van der Waals surface area contributed by atoms with Crippen LogP contribution in [0.25, 0.3) is 0 Å². The lowest BCUT2D eigenvalue weighted by Gasteiger charge is -2.24. The highest BCUT2D eigenvalue weighted by molar-refractivity contribution is 9.10. The number of benzene rings is 1. The van der Waals surface area contributed by atoms with E-state index in [-0.39, 0.29) is 12.5 Å². The van der Waals surface area contributed by atoms with Crippen LogP contribution in [0.3, 0.4) is 0 Å². The van der Waals surface area contributed by atoms with Gasteiger partial charge in [0.05, 0.1) is 13.0 Å². The summed E-state index contributed by atoms with van der Waals surface area (Å²) >= 11 is 3.55. The van der Waals surface area contributed by atoms with Crippen molar-refractivity contribution in [1.82, 2.24) is 4.90 Å². The van der Waals surface area contributed by atoms with Crippen LogP contribution in [-0.2, 0) is 17.8 Å². The molecule has 2 aliphatic rings. The van der Waals surface area contributed by atoms with Crippen LogP contribution >= 0.6 is 15.9 Å². The predicted molar refractivity (Wildman–Crippen MR) is 79.0 cm³/mol. The SMILES string of the molecule is O=C(O)CC1CCCN1Cc1cc(Br)cc2c1OCC2. The van der Waals surface area contributed by atoms with Crippen LogP contribution in [0.2, 0.25) is 0 Å². The minimum atomic E-state index is -0.711. The Balaban J connectivity index is 1.79. The average molecular weight is 340 g/mol. The molecule has 0 spiro atoms. The van der Waals surface area contributed by atoms with Gasteiger partial charge in [0.25, 0.3) is 0 Å². The van der Waals surface area contributed by atoms with Gasteiger partial charge in [-0.1, -0.05) is 15.9 Å². The summed E-state index contributed by atoms with van der Waals surface area (Å²) in [7, 11) is 0. The van der Waals surface area contributed by atoms with Gasteiger partial charge < -0.3 is 9.84 Å². The Kier molecular flexibility index (Phi) is 3.98. The molecule has 2 heterocycles. The van der Waals surface area contributed by atoms with Crippen molar-refractivity contribution in [3.63, 3.8) is 0 Å². The Hall–Kier alpha value is -1.07. The van der Waals surface area contributed by atoms with Gasteiger partial charge in [-0.15, -0.1) is 0 Å². The van der Waals surface area contributed by atoms with Gasteiger partial charge in [0, 0.05) is 29.0 Å². The predicted octanol–water partition coefficient (Wildman–Crippen LogP) is 2.82. The third-order valence-corrected chi connectivity index (χ3v) is 4.57. The Morgan fingerprint density at radius 2 is 2.35 bits per heavy atom. The van der Waals surface area contributed by atoms with Crippen LogP contribution in [0.4, 0.5) is 0 Å². The first-order chi connectivity index (χ1) is 9.63. The molecule has 1 aromatic carbocycles. The van der Waals surface area contributed by atoms with Crippen molar-refractivity contribution in [3.05, 3.63) is 27.7 Å². The van der Waals surface area contributed by atoms with E-state index in [1.165, 1.54) is 11.1 Å². The lowest BCUT2D eigenvalue weighted by Crippen LogP contribution is -2.31. The van der Waals surface area contributed by atoms with E-state index < -0.39 is 5.97 Å². The number of hydrogen-bond acceptors (Lipinski definition) is 3. The molecule has 0 bridgehead atoms. The van der Waals surface area contributed by atoms with E-state index in [4.69, 9.17) is 9.84 Å². The van der Waals surface area contributed by atoms with Crippen LogP contribution in [0.15, 0.2) is 16.6 Å². The number of aliphatic carboxylic acids is 1. The zero-order chi connectivity index (χ0) is 14.1. The maximum atomic E-state index is 10.9. The molecule has 0 radical (unpaired) electrons. The van der Waals surface area contributed by atoms with E-state index >= 15 is 0 Å². The number of hydrogen-bond donors (Lipinski definition) is 1. The quantitative estimate of drug-likeness (QED) is 0.916. The van der Waals surface area contributed by atoms with Crippen molar-refractivity contribution < 1.29 is 14.6 Å². The summed E-state index contributed by atoms with van der Waals surface area (Å²) < 4.78 is 6.82. The smallest absolute Gasteiger partial charge is 0.304 e. The molecule has 1 atom stereocenters. The maximum Gasteiger partial charge on any atom is 0.304 e. The largest absolute Gasteiger partial charge is 0.493 e. The Morgan fingerprint density at radius 1 is 1.50 bits per heavy atom. The molecule has 2 aliphatic heterocycles. The number of carboxylic acid groups (broad SMARTS) is 1. The summed E-state index contributed by atoms with van der Waals surface area (Å²) in [5.41, 5.74) is 2.42. The summed E-state index contributed by atoms with van der Waals surface area (Å²) in [6, 6.07) is 4.37. The highest BCUT2D eigenvalue weighted by Gasteiger charge is 2.28. The summed E-state index contributed by atoms with van der Waals surface area (Å²) in [5.74, 6) is 0.298. The van der Waals surface area contributed by atoms with Crippen molar-refractivity contribution in [2.75, 3.05) is 13.2 Å². The first kappa shape index (κ1) is 13.9. The average Bonchev–Trinajstić information content (AvgIpc) is 2.98. The third kappa shape index (κ3) is 2.83. The van der Waals surface area contributed by atoms with Crippen molar-refractivity contribution in [1.29, 1.82) is 0 Å². The van der Waals surface area contributed by atoms with Crippen LogP contribution in [0.5, 0.6) is 5.75 Å². The number of rotatable bonds is 4.